The summed E-state index contributed by atoms with van der Waals surface area (Å²) in [5, 5.41) is 20.5. The van der Waals surface area contributed by atoms with Crippen LogP contribution in [0.15, 0.2) is 139 Å². The molecule has 0 aliphatic rings. The second-order valence-corrected chi connectivity index (χ2v) is 10.6. The summed E-state index contributed by atoms with van der Waals surface area (Å²) in [5.74, 6) is -1.23. The van der Waals surface area contributed by atoms with Gasteiger partial charge < -0.3 is 10.0 Å². The Balaban J connectivity index is 1.30. The minimum atomic E-state index is -1.23. The predicted octanol–water partition coefficient (Wildman–Crippen LogP) is 9.70. The highest BCUT2D eigenvalue weighted by Crippen LogP contribution is 2.40. The van der Waals surface area contributed by atoms with Gasteiger partial charge in [0.25, 0.3) is 0 Å². The van der Waals surface area contributed by atoms with Crippen molar-refractivity contribution in [3.05, 3.63) is 145 Å². The van der Waals surface area contributed by atoms with Crippen LogP contribution < -0.4 is 4.90 Å². The van der Waals surface area contributed by atoms with Gasteiger partial charge in [-0.25, -0.2) is 4.79 Å². The van der Waals surface area contributed by atoms with E-state index in [4.69, 9.17) is 10.4 Å². The van der Waals surface area contributed by atoms with Crippen molar-refractivity contribution >= 4 is 51.2 Å². The summed E-state index contributed by atoms with van der Waals surface area (Å²) in [6.45, 7) is 0. The van der Waals surface area contributed by atoms with Crippen molar-refractivity contribution in [2.24, 2.45) is 0 Å². The molecule has 0 atom stereocenters. The number of aliphatic carboxylic acids is 1. The summed E-state index contributed by atoms with van der Waals surface area (Å²) in [6.07, 6.45) is 1.38. The first kappa shape index (κ1) is 25.8. The lowest BCUT2D eigenvalue weighted by Crippen LogP contribution is -2.10. The van der Waals surface area contributed by atoms with Gasteiger partial charge in [0.15, 0.2) is 0 Å². The van der Waals surface area contributed by atoms with E-state index in [0.717, 1.165) is 37.9 Å². The summed E-state index contributed by atoms with van der Waals surface area (Å²) in [5.41, 5.74) is 5.86. The van der Waals surface area contributed by atoms with Gasteiger partial charge in [-0.3, -0.25) is 0 Å². The molecule has 41 heavy (non-hydrogen) atoms. The summed E-state index contributed by atoms with van der Waals surface area (Å²) >= 11 is 1.70. The summed E-state index contributed by atoms with van der Waals surface area (Å²) in [6, 6.07) is 47.4. The first-order chi connectivity index (χ1) is 20.1. The minimum Gasteiger partial charge on any atom is -0.477 e. The molecular formula is C36H24N2O2S. The molecule has 6 aromatic rings. The molecule has 5 heteroatoms. The Bertz CT molecular complexity index is 1910. The Hall–Kier alpha value is -5.44. The van der Waals surface area contributed by atoms with Crippen LogP contribution in [0.5, 0.6) is 0 Å². The van der Waals surface area contributed by atoms with Crippen LogP contribution in [0.1, 0.15) is 5.56 Å². The predicted molar refractivity (Wildman–Crippen MR) is 169 cm³/mol. The van der Waals surface area contributed by atoms with Crippen LogP contribution in [0.4, 0.5) is 17.1 Å². The third-order valence-electron chi connectivity index (χ3n) is 6.89. The third-order valence-corrected chi connectivity index (χ3v) is 8.08. The lowest BCUT2D eigenvalue weighted by Gasteiger charge is -2.27. The molecule has 0 bridgehead atoms. The first-order valence-electron chi connectivity index (χ1n) is 13.1. The van der Waals surface area contributed by atoms with E-state index < -0.39 is 5.97 Å². The fraction of sp³-hybridized carbons (Fsp3) is 0. The number of fused-ring (bicyclic) bond motifs is 1. The summed E-state index contributed by atoms with van der Waals surface area (Å²) in [7, 11) is 0. The van der Waals surface area contributed by atoms with Gasteiger partial charge in [0.1, 0.15) is 11.6 Å². The minimum absolute atomic E-state index is 0.286. The number of carboxylic acids is 1. The number of carboxylic acid groups (broad SMARTS) is 1. The number of rotatable bonds is 7. The van der Waals surface area contributed by atoms with E-state index >= 15 is 0 Å². The molecule has 0 aliphatic heterocycles. The summed E-state index contributed by atoms with van der Waals surface area (Å²) in [4.78, 5) is 15.7. The van der Waals surface area contributed by atoms with Crippen molar-refractivity contribution < 1.29 is 9.90 Å². The van der Waals surface area contributed by atoms with E-state index in [9.17, 15) is 4.79 Å². The Morgan fingerprint density at radius 3 is 1.93 bits per heavy atom. The van der Waals surface area contributed by atoms with E-state index in [1.165, 1.54) is 16.8 Å². The van der Waals surface area contributed by atoms with Crippen molar-refractivity contribution in [2.75, 3.05) is 4.90 Å². The van der Waals surface area contributed by atoms with Gasteiger partial charge in [-0.15, -0.1) is 11.3 Å². The van der Waals surface area contributed by atoms with Crippen LogP contribution in [0, 0.1) is 11.3 Å². The van der Waals surface area contributed by atoms with Crippen LogP contribution in [0.3, 0.4) is 0 Å². The average Bonchev–Trinajstić information content (AvgIpc) is 3.52. The highest BCUT2D eigenvalue weighted by molar-refractivity contribution is 7.18. The molecule has 5 aromatic carbocycles. The van der Waals surface area contributed by atoms with Crippen LogP contribution in [-0.2, 0) is 4.79 Å². The van der Waals surface area contributed by atoms with Crippen LogP contribution >= 0.6 is 11.3 Å². The molecule has 1 N–H and O–H groups in total. The second kappa shape index (κ2) is 11.4. The van der Waals surface area contributed by atoms with E-state index in [0.29, 0.717) is 5.56 Å². The number of para-hydroxylation sites is 1. The molecule has 0 amide bonds. The van der Waals surface area contributed by atoms with Gasteiger partial charge in [-0.1, -0.05) is 91.0 Å². The number of hydrogen-bond donors (Lipinski definition) is 1. The Labute approximate surface area is 242 Å². The molecule has 0 spiro atoms. The van der Waals surface area contributed by atoms with E-state index in [1.54, 1.807) is 17.4 Å². The Kier molecular flexibility index (Phi) is 7.15. The monoisotopic (exact) mass is 548 g/mol. The summed E-state index contributed by atoms with van der Waals surface area (Å²) < 4.78 is 0. The Morgan fingerprint density at radius 1 is 0.683 bits per heavy atom. The van der Waals surface area contributed by atoms with Gasteiger partial charge in [0, 0.05) is 26.5 Å². The molecule has 1 heterocycles. The largest absolute Gasteiger partial charge is 0.477 e. The topological polar surface area (TPSA) is 64.3 Å². The lowest BCUT2D eigenvalue weighted by atomic mass is 10.1. The molecule has 1 aromatic heterocycles. The molecule has 4 nitrogen and oxygen atoms in total. The van der Waals surface area contributed by atoms with Gasteiger partial charge in [0.2, 0.25) is 0 Å². The number of nitrogens with zero attached hydrogens (tertiary/aromatic N) is 2. The van der Waals surface area contributed by atoms with Gasteiger partial charge in [0.05, 0.1) is 5.69 Å². The maximum atomic E-state index is 11.1. The van der Waals surface area contributed by atoms with E-state index in [2.05, 4.69) is 108 Å². The SMILES string of the molecule is N#C/C(=C/c1ccc(-c2ccc(-c3ccc(N(c4ccccc4)c4cccc5ccccc45)cc3)s2)cc1)C(=O)O. The maximum Gasteiger partial charge on any atom is 0.346 e. The molecule has 0 unspecified atom stereocenters. The maximum absolute atomic E-state index is 11.1. The molecule has 0 fully saturated rings. The van der Waals surface area contributed by atoms with E-state index in [1.807, 2.05) is 30.3 Å². The van der Waals surface area contributed by atoms with Crippen molar-refractivity contribution in [1.82, 2.24) is 0 Å². The van der Waals surface area contributed by atoms with Crippen LogP contribution in [-0.4, -0.2) is 11.1 Å². The van der Waals surface area contributed by atoms with Crippen molar-refractivity contribution in [2.45, 2.75) is 0 Å². The average molecular weight is 549 g/mol. The molecule has 0 saturated heterocycles. The van der Waals surface area contributed by atoms with Crippen molar-refractivity contribution in [1.29, 1.82) is 5.26 Å². The number of benzene rings is 5. The zero-order valence-corrected chi connectivity index (χ0v) is 22.8. The molecule has 6 rings (SSSR count). The Morgan fingerprint density at radius 2 is 1.27 bits per heavy atom. The van der Waals surface area contributed by atoms with Crippen molar-refractivity contribution in [3.8, 4) is 27.0 Å². The molecular weight excluding hydrogens is 524 g/mol. The molecule has 196 valence electrons. The fourth-order valence-corrected chi connectivity index (χ4v) is 5.90. The first-order valence-corrected chi connectivity index (χ1v) is 13.9. The number of hydrogen-bond acceptors (Lipinski definition) is 4. The highest BCUT2D eigenvalue weighted by atomic mass is 32.1. The normalized spacial score (nSPS) is 11.2. The quantitative estimate of drug-likeness (QED) is 0.159. The highest BCUT2D eigenvalue weighted by Gasteiger charge is 2.15. The lowest BCUT2D eigenvalue weighted by molar-refractivity contribution is -0.132. The van der Waals surface area contributed by atoms with Gasteiger partial charge in [-0.2, -0.15) is 5.26 Å². The van der Waals surface area contributed by atoms with Gasteiger partial charge >= 0.3 is 5.97 Å². The number of carbonyl (C=O) groups is 1. The number of nitriles is 1. The second-order valence-electron chi connectivity index (χ2n) is 9.48. The smallest absolute Gasteiger partial charge is 0.346 e. The number of anilines is 3. The zero-order chi connectivity index (χ0) is 28.2. The number of thiophene rings is 1. The zero-order valence-electron chi connectivity index (χ0n) is 21.9. The van der Waals surface area contributed by atoms with Crippen LogP contribution in [0.25, 0.3) is 37.7 Å². The fourth-order valence-electron chi connectivity index (χ4n) is 4.88. The van der Waals surface area contributed by atoms with E-state index in [-0.39, 0.29) is 5.57 Å². The molecule has 0 saturated carbocycles. The third kappa shape index (κ3) is 5.38. The molecule has 0 radical (unpaired) electrons. The molecule has 0 aliphatic carbocycles. The van der Waals surface area contributed by atoms with Gasteiger partial charge in [-0.05, 0) is 70.6 Å². The van der Waals surface area contributed by atoms with Crippen molar-refractivity contribution in [3.63, 3.8) is 0 Å². The standard InChI is InChI=1S/C36H24N2O2S/c37-24-29(36(39)40)23-25-13-15-27(16-14-25)34-21-22-35(41-34)28-17-19-31(20-18-28)38(30-9-2-1-3-10-30)33-12-6-8-26-7-4-5-11-32(26)33/h1-23H,(H,39,40)/b29-23-. The van der Waals surface area contributed by atoms with Crippen LogP contribution in [0.2, 0.25) is 0 Å².